The van der Waals surface area contributed by atoms with Crippen LogP contribution in [0, 0.1) is 11.7 Å². The van der Waals surface area contributed by atoms with Crippen molar-refractivity contribution < 1.29 is 28.6 Å². The molecule has 0 radical (unpaired) electrons. The normalized spacial score (nSPS) is 13.0. The first-order valence-electron chi connectivity index (χ1n) is 6.81. The molecule has 0 spiro atoms. The highest BCUT2D eigenvalue weighted by Gasteiger charge is 2.26. The van der Waals surface area contributed by atoms with Crippen LogP contribution in [-0.2, 0) is 14.3 Å². The lowest BCUT2D eigenvalue weighted by molar-refractivity contribution is -0.148. The summed E-state index contributed by atoms with van der Waals surface area (Å²) in [6, 6.07) is 3.46. The molecule has 0 aliphatic heterocycles. The van der Waals surface area contributed by atoms with Crippen molar-refractivity contribution >= 4 is 17.8 Å². The molecule has 0 aliphatic rings. The highest BCUT2D eigenvalue weighted by atomic mass is 19.1. The second-order valence-electron chi connectivity index (χ2n) is 4.76. The van der Waals surface area contributed by atoms with Crippen LogP contribution in [0.4, 0.5) is 4.39 Å². The molecule has 1 amide bonds. The van der Waals surface area contributed by atoms with Gasteiger partial charge in [-0.2, -0.15) is 0 Å². The van der Waals surface area contributed by atoms with Crippen LogP contribution in [0.3, 0.4) is 0 Å². The Morgan fingerprint density at radius 2 is 1.86 bits per heavy atom. The molecule has 22 heavy (non-hydrogen) atoms. The van der Waals surface area contributed by atoms with Gasteiger partial charge in [0.05, 0.1) is 12.5 Å². The molecule has 1 rings (SSSR count). The van der Waals surface area contributed by atoms with Crippen LogP contribution in [0.15, 0.2) is 24.3 Å². The van der Waals surface area contributed by atoms with Crippen molar-refractivity contribution in [2.75, 3.05) is 6.61 Å². The minimum atomic E-state index is -1.26. The monoisotopic (exact) mass is 311 g/mol. The highest BCUT2D eigenvalue weighted by molar-refractivity contribution is 5.96. The number of amides is 1. The number of aliphatic carboxylic acids is 1. The minimum Gasteiger partial charge on any atom is -0.480 e. The summed E-state index contributed by atoms with van der Waals surface area (Å²) in [5, 5.41) is 11.5. The Kier molecular flexibility index (Phi) is 6.49. The number of carbonyl (C=O) groups is 3. The van der Waals surface area contributed by atoms with E-state index in [1.165, 1.54) is 19.1 Å². The van der Waals surface area contributed by atoms with Crippen molar-refractivity contribution in [2.45, 2.75) is 26.3 Å². The summed E-state index contributed by atoms with van der Waals surface area (Å²) in [5.41, 5.74) is 0.136. The van der Waals surface area contributed by atoms with Gasteiger partial charge in [-0.25, -0.2) is 9.18 Å². The fourth-order valence-electron chi connectivity index (χ4n) is 1.80. The summed E-state index contributed by atoms with van der Waals surface area (Å²) < 4.78 is 17.6. The Morgan fingerprint density at radius 1 is 1.27 bits per heavy atom. The standard InChI is InChI=1S/C15H18FNO5/c1-3-22-15(21)9(2)8-12(14(19)20)17-13(18)10-4-6-11(16)7-5-10/h4-7,9,12H,3,8H2,1-2H3,(H,17,18)(H,19,20)/t9-,12+/m1/s1. The number of ether oxygens (including phenoxy) is 1. The largest absolute Gasteiger partial charge is 0.480 e. The number of nitrogens with one attached hydrogen (secondary N) is 1. The first-order valence-corrected chi connectivity index (χ1v) is 6.81. The van der Waals surface area contributed by atoms with E-state index in [2.05, 4.69) is 5.32 Å². The quantitative estimate of drug-likeness (QED) is 0.746. The molecule has 0 saturated heterocycles. The van der Waals surface area contributed by atoms with Gasteiger partial charge in [0.1, 0.15) is 11.9 Å². The fourth-order valence-corrected chi connectivity index (χ4v) is 1.80. The van der Waals surface area contributed by atoms with E-state index >= 15 is 0 Å². The maximum atomic E-state index is 12.8. The highest BCUT2D eigenvalue weighted by Crippen LogP contribution is 2.10. The Hall–Kier alpha value is -2.44. The molecule has 1 aromatic carbocycles. The maximum Gasteiger partial charge on any atom is 0.326 e. The van der Waals surface area contributed by atoms with Gasteiger partial charge in [0, 0.05) is 5.56 Å². The lowest BCUT2D eigenvalue weighted by Crippen LogP contribution is -2.42. The third-order valence-electron chi connectivity index (χ3n) is 2.99. The summed E-state index contributed by atoms with van der Waals surface area (Å²) in [4.78, 5) is 34.7. The summed E-state index contributed by atoms with van der Waals surface area (Å²) in [6.45, 7) is 3.37. The summed E-state index contributed by atoms with van der Waals surface area (Å²) in [5.74, 6) is -3.60. The van der Waals surface area contributed by atoms with Gasteiger partial charge in [-0.05, 0) is 37.6 Å². The van der Waals surface area contributed by atoms with Gasteiger partial charge < -0.3 is 15.2 Å². The molecular weight excluding hydrogens is 293 g/mol. The molecule has 0 unspecified atom stereocenters. The molecule has 0 fully saturated rings. The number of hydrogen-bond donors (Lipinski definition) is 2. The Balaban J connectivity index is 2.71. The molecule has 0 aromatic heterocycles. The third kappa shape index (κ3) is 5.16. The van der Waals surface area contributed by atoms with Gasteiger partial charge in [-0.15, -0.1) is 0 Å². The number of carboxylic acids is 1. The SMILES string of the molecule is CCOC(=O)[C@H](C)C[C@H](NC(=O)c1ccc(F)cc1)C(=O)O. The predicted molar refractivity (Wildman–Crippen MR) is 75.7 cm³/mol. The van der Waals surface area contributed by atoms with E-state index in [4.69, 9.17) is 9.84 Å². The lowest BCUT2D eigenvalue weighted by atomic mass is 10.0. The van der Waals surface area contributed by atoms with Gasteiger partial charge in [0.25, 0.3) is 5.91 Å². The average Bonchev–Trinajstić information content (AvgIpc) is 2.47. The van der Waals surface area contributed by atoms with Crippen LogP contribution in [0.1, 0.15) is 30.6 Å². The smallest absolute Gasteiger partial charge is 0.326 e. The maximum absolute atomic E-state index is 12.8. The Bertz CT molecular complexity index is 543. The van der Waals surface area contributed by atoms with Crippen molar-refractivity contribution in [3.8, 4) is 0 Å². The molecule has 0 aliphatic carbocycles. The number of rotatable bonds is 7. The van der Waals surface area contributed by atoms with E-state index in [-0.39, 0.29) is 18.6 Å². The van der Waals surface area contributed by atoms with E-state index < -0.39 is 35.6 Å². The van der Waals surface area contributed by atoms with Gasteiger partial charge in [0.15, 0.2) is 0 Å². The van der Waals surface area contributed by atoms with Gasteiger partial charge in [-0.1, -0.05) is 6.92 Å². The molecule has 7 heteroatoms. The zero-order valence-corrected chi connectivity index (χ0v) is 12.3. The molecule has 0 heterocycles. The van der Waals surface area contributed by atoms with Crippen molar-refractivity contribution in [1.29, 1.82) is 0 Å². The van der Waals surface area contributed by atoms with Gasteiger partial charge >= 0.3 is 11.9 Å². The number of carboxylic acid groups (broad SMARTS) is 1. The molecule has 1 aromatic rings. The fraction of sp³-hybridized carbons (Fsp3) is 0.400. The summed E-state index contributed by atoms with van der Waals surface area (Å²) in [6.07, 6.45) is -0.0961. The van der Waals surface area contributed by atoms with E-state index in [0.29, 0.717) is 0 Å². The van der Waals surface area contributed by atoms with Gasteiger partial charge in [0.2, 0.25) is 0 Å². The van der Waals surface area contributed by atoms with E-state index in [9.17, 15) is 18.8 Å². The van der Waals surface area contributed by atoms with Crippen molar-refractivity contribution in [3.63, 3.8) is 0 Å². The summed E-state index contributed by atoms with van der Waals surface area (Å²) in [7, 11) is 0. The van der Waals surface area contributed by atoms with Crippen molar-refractivity contribution in [3.05, 3.63) is 35.6 Å². The van der Waals surface area contributed by atoms with Crippen LogP contribution < -0.4 is 5.32 Å². The zero-order chi connectivity index (χ0) is 16.7. The lowest BCUT2D eigenvalue weighted by Gasteiger charge is -2.18. The first kappa shape index (κ1) is 17.6. The number of esters is 1. The molecule has 2 N–H and O–H groups in total. The number of carbonyl (C=O) groups excluding carboxylic acids is 2. The van der Waals surface area contributed by atoms with E-state index in [0.717, 1.165) is 12.1 Å². The Labute approximate surface area is 127 Å². The van der Waals surface area contributed by atoms with Crippen molar-refractivity contribution in [1.82, 2.24) is 5.32 Å². The zero-order valence-electron chi connectivity index (χ0n) is 12.3. The second kappa shape index (κ2) is 8.11. The number of hydrogen-bond acceptors (Lipinski definition) is 4. The molecule has 0 saturated carbocycles. The van der Waals surface area contributed by atoms with Crippen LogP contribution in [0.2, 0.25) is 0 Å². The third-order valence-corrected chi connectivity index (χ3v) is 2.99. The topological polar surface area (TPSA) is 92.7 Å². The van der Waals surface area contributed by atoms with Crippen LogP contribution in [0.5, 0.6) is 0 Å². The Morgan fingerprint density at radius 3 is 2.36 bits per heavy atom. The molecule has 0 bridgehead atoms. The van der Waals surface area contributed by atoms with Crippen molar-refractivity contribution in [2.24, 2.45) is 5.92 Å². The second-order valence-corrected chi connectivity index (χ2v) is 4.76. The van der Waals surface area contributed by atoms with Crippen LogP contribution in [0.25, 0.3) is 0 Å². The van der Waals surface area contributed by atoms with Crippen LogP contribution in [-0.4, -0.2) is 35.6 Å². The average molecular weight is 311 g/mol. The number of benzene rings is 1. The minimum absolute atomic E-state index is 0.0961. The van der Waals surface area contributed by atoms with E-state index in [1.54, 1.807) is 6.92 Å². The van der Waals surface area contributed by atoms with E-state index in [1.807, 2.05) is 0 Å². The first-order chi connectivity index (χ1) is 10.3. The van der Waals surface area contributed by atoms with Crippen LogP contribution >= 0.6 is 0 Å². The molecule has 6 nitrogen and oxygen atoms in total. The molecular formula is C15H18FNO5. The predicted octanol–water partition coefficient (Wildman–Crippen LogP) is 1.60. The molecule has 120 valence electrons. The molecule has 2 atom stereocenters. The summed E-state index contributed by atoms with van der Waals surface area (Å²) >= 11 is 0. The number of halogens is 1. The van der Waals surface area contributed by atoms with Gasteiger partial charge in [-0.3, -0.25) is 9.59 Å².